The monoisotopic (exact) mass is 742 g/mol. The maximum Gasteiger partial charge on any atom is 0.338 e. The van der Waals surface area contributed by atoms with E-state index in [2.05, 4.69) is 41.9 Å². The fourth-order valence-electron chi connectivity index (χ4n) is 6.24. The fraction of sp³-hybridized carbons (Fsp3) is 0.167. The van der Waals surface area contributed by atoms with Crippen LogP contribution in [0, 0.1) is 0 Å². The molecular formula is C42H35BrN2O4S. The first-order chi connectivity index (χ1) is 24.3. The second kappa shape index (κ2) is 14.4. The van der Waals surface area contributed by atoms with E-state index in [9.17, 15) is 9.59 Å². The standard InChI is InChI=1S/C42H35BrN2O4S/c1-4-48-41(47)37-38(30-11-6-5-7-12-30)44-42-45(39(37)31-18-16-28(17-19-31)26(2)3)40(46)36(50-42)24-34-33-13-9-8-10-29(33)20-23-35(34)49-25-27-14-21-32(43)22-15-27/h5-24,26,39H,4,25H2,1-3H3/b36-24-/t39-/m0/s1. The lowest BCUT2D eigenvalue weighted by Crippen LogP contribution is -2.40. The molecule has 6 aromatic rings. The van der Waals surface area contributed by atoms with Gasteiger partial charge in [-0.25, -0.2) is 9.79 Å². The number of halogens is 1. The summed E-state index contributed by atoms with van der Waals surface area (Å²) in [6.07, 6.45) is 1.90. The maximum atomic E-state index is 14.7. The number of rotatable bonds is 9. The van der Waals surface area contributed by atoms with Crippen LogP contribution >= 0.6 is 27.3 Å². The van der Waals surface area contributed by atoms with Crippen LogP contribution in [0.1, 0.15) is 60.5 Å². The first kappa shape index (κ1) is 33.4. The van der Waals surface area contributed by atoms with Gasteiger partial charge in [0.2, 0.25) is 0 Å². The van der Waals surface area contributed by atoms with Crippen molar-refractivity contribution in [3.8, 4) is 5.75 Å². The lowest BCUT2D eigenvalue weighted by Gasteiger charge is -2.26. The molecule has 7 rings (SSSR count). The van der Waals surface area contributed by atoms with Gasteiger partial charge in [-0.3, -0.25) is 9.36 Å². The summed E-state index contributed by atoms with van der Waals surface area (Å²) in [6.45, 7) is 6.61. The van der Waals surface area contributed by atoms with E-state index < -0.39 is 12.0 Å². The second-order valence-electron chi connectivity index (χ2n) is 12.4. The molecule has 50 heavy (non-hydrogen) atoms. The zero-order valence-corrected chi connectivity index (χ0v) is 30.3. The Bertz CT molecular complexity index is 2410. The van der Waals surface area contributed by atoms with Crippen molar-refractivity contribution < 1.29 is 14.3 Å². The summed E-state index contributed by atoms with van der Waals surface area (Å²) in [6, 6.07) is 37.1. The van der Waals surface area contributed by atoms with Crippen LogP contribution in [0.3, 0.4) is 0 Å². The third-order valence-corrected chi connectivity index (χ3v) is 10.3. The van der Waals surface area contributed by atoms with Crippen molar-refractivity contribution in [3.05, 3.63) is 173 Å². The molecule has 1 aliphatic rings. The lowest BCUT2D eigenvalue weighted by atomic mass is 9.91. The van der Waals surface area contributed by atoms with Crippen molar-refractivity contribution in [3.63, 3.8) is 0 Å². The van der Waals surface area contributed by atoms with Crippen LogP contribution in [0.15, 0.2) is 135 Å². The van der Waals surface area contributed by atoms with Crippen LogP contribution in [0.2, 0.25) is 0 Å². The highest BCUT2D eigenvalue weighted by molar-refractivity contribution is 9.10. The van der Waals surface area contributed by atoms with Gasteiger partial charge in [0.25, 0.3) is 5.56 Å². The summed E-state index contributed by atoms with van der Waals surface area (Å²) in [5, 5.41) is 1.99. The number of nitrogens with zero attached hydrogens (tertiary/aromatic N) is 2. The minimum Gasteiger partial charge on any atom is -0.488 e. The van der Waals surface area contributed by atoms with E-state index >= 15 is 0 Å². The molecule has 2 heterocycles. The van der Waals surface area contributed by atoms with Gasteiger partial charge in [0.1, 0.15) is 12.4 Å². The first-order valence-corrected chi connectivity index (χ1v) is 18.2. The number of fused-ring (bicyclic) bond motifs is 2. The summed E-state index contributed by atoms with van der Waals surface area (Å²) < 4.78 is 15.2. The number of hydrogen-bond donors (Lipinski definition) is 0. The Balaban J connectivity index is 1.45. The van der Waals surface area contributed by atoms with E-state index in [4.69, 9.17) is 14.5 Å². The molecule has 0 bridgehead atoms. The van der Waals surface area contributed by atoms with Crippen molar-refractivity contribution in [2.24, 2.45) is 4.99 Å². The van der Waals surface area contributed by atoms with Crippen LogP contribution in [0.4, 0.5) is 0 Å². The molecule has 5 aromatic carbocycles. The predicted molar refractivity (Wildman–Crippen MR) is 204 cm³/mol. The number of carbonyl (C=O) groups excluding carboxylic acids is 1. The minimum absolute atomic E-state index is 0.192. The van der Waals surface area contributed by atoms with Gasteiger partial charge in [-0.1, -0.05) is 138 Å². The summed E-state index contributed by atoms with van der Waals surface area (Å²) >= 11 is 4.80. The van der Waals surface area contributed by atoms with E-state index in [0.717, 1.165) is 43.1 Å². The topological polar surface area (TPSA) is 69.9 Å². The first-order valence-electron chi connectivity index (χ1n) is 16.6. The molecule has 0 N–H and O–H groups in total. The van der Waals surface area contributed by atoms with Gasteiger partial charge in [-0.2, -0.15) is 0 Å². The molecule has 0 amide bonds. The van der Waals surface area contributed by atoms with Crippen LogP contribution in [0.5, 0.6) is 5.75 Å². The lowest BCUT2D eigenvalue weighted by molar-refractivity contribution is -0.138. The molecule has 0 spiro atoms. The van der Waals surface area contributed by atoms with Gasteiger partial charge in [0.15, 0.2) is 4.80 Å². The SMILES string of the molecule is CCOC(=O)C1=C(c2ccccc2)N=c2s/c(=C\c3c(OCc4ccc(Br)cc4)ccc4ccccc34)c(=O)n2[C@H]1c1ccc(C(C)C)cc1. The fourth-order valence-corrected chi connectivity index (χ4v) is 7.49. The smallest absolute Gasteiger partial charge is 0.338 e. The number of esters is 1. The Morgan fingerprint density at radius 3 is 2.36 bits per heavy atom. The maximum absolute atomic E-state index is 14.7. The Hall–Kier alpha value is -5.05. The van der Waals surface area contributed by atoms with Crippen molar-refractivity contribution >= 4 is 55.8 Å². The largest absolute Gasteiger partial charge is 0.488 e. The molecule has 250 valence electrons. The summed E-state index contributed by atoms with van der Waals surface area (Å²) in [4.78, 5) is 34.1. The molecular weight excluding hydrogens is 708 g/mol. The molecule has 0 saturated heterocycles. The van der Waals surface area contributed by atoms with E-state index in [1.165, 1.54) is 11.3 Å². The van der Waals surface area contributed by atoms with Gasteiger partial charge in [0, 0.05) is 15.6 Å². The highest BCUT2D eigenvalue weighted by Gasteiger charge is 2.35. The van der Waals surface area contributed by atoms with Gasteiger partial charge >= 0.3 is 5.97 Å². The molecule has 1 atom stereocenters. The van der Waals surface area contributed by atoms with Crippen molar-refractivity contribution in [1.82, 2.24) is 4.57 Å². The number of thiazole rings is 1. The highest BCUT2D eigenvalue weighted by atomic mass is 79.9. The quantitative estimate of drug-likeness (QED) is 0.139. The zero-order valence-electron chi connectivity index (χ0n) is 27.9. The number of carbonyl (C=O) groups is 1. The Morgan fingerprint density at radius 2 is 1.64 bits per heavy atom. The Labute approximate surface area is 302 Å². The van der Waals surface area contributed by atoms with Crippen LogP contribution in [-0.4, -0.2) is 17.1 Å². The molecule has 8 heteroatoms. The summed E-state index contributed by atoms with van der Waals surface area (Å²) in [5.74, 6) is 0.488. The molecule has 0 fully saturated rings. The number of benzene rings is 5. The van der Waals surface area contributed by atoms with Crippen molar-refractivity contribution in [2.45, 2.75) is 39.3 Å². The highest BCUT2D eigenvalue weighted by Crippen LogP contribution is 2.36. The van der Waals surface area contributed by atoms with Gasteiger partial charge in [-0.15, -0.1) is 0 Å². The molecule has 1 aromatic heterocycles. The van der Waals surface area contributed by atoms with E-state index in [1.807, 2.05) is 109 Å². The predicted octanol–water partition coefficient (Wildman–Crippen LogP) is 8.55. The van der Waals surface area contributed by atoms with E-state index in [-0.39, 0.29) is 12.2 Å². The van der Waals surface area contributed by atoms with Crippen molar-refractivity contribution in [2.75, 3.05) is 6.61 Å². The Morgan fingerprint density at radius 1 is 0.920 bits per heavy atom. The molecule has 0 unspecified atom stereocenters. The summed E-state index contributed by atoms with van der Waals surface area (Å²) in [5.41, 5.74) is 5.15. The average molecular weight is 744 g/mol. The molecule has 0 aliphatic carbocycles. The van der Waals surface area contributed by atoms with Gasteiger partial charge < -0.3 is 9.47 Å². The normalized spacial score (nSPS) is 14.5. The Kier molecular flexibility index (Phi) is 9.65. The van der Waals surface area contributed by atoms with Gasteiger partial charge in [0.05, 0.1) is 28.5 Å². The molecule has 1 aliphatic heterocycles. The third-order valence-electron chi connectivity index (χ3n) is 8.81. The molecule has 0 radical (unpaired) electrons. The van der Waals surface area contributed by atoms with Crippen LogP contribution in [-0.2, 0) is 16.1 Å². The molecule has 0 saturated carbocycles. The molecule has 6 nitrogen and oxygen atoms in total. The number of hydrogen-bond acceptors (Lipinski definition) is 6. The van der Waals surface area contributed by atoms with Gasteiger partial charge in [-0.05, 0) is 64.6 Å². The van der Waals surface area contributed by atoms with E-state index in [0.29, 0.717) is 38.9 Å². The van der Waals surface area contributed by atoms with Crippen LogP contribution in [0.25, 0.3) is 22.5 Å². The number of ether oxygens (including phenoxy) is 2. The second-order valence-corrected chi connectivity index (χ2v) is 14.3. The third kappa shape index (κ3) is 6.61. The summed E-state index contributed by atoms with van der Waals surface area (Å²) in [7, 11) is 0. The van der Waals surface area contributed by atoms with E-state index in [1.54, 1.807) is 11.5 Å². The minimum atomic E-state index is -0.746. The number of aromatic nitrogens is 1. The zero-order chi connectivity index (χ0) is 34.8. The van der Waals surface area contributed by atoms with Crippen molar-refractivity contribution in [1.29, 1.82) is 0 Å². The van der Waals surface area contributed by atoms with Crippen LogP contribution < -0.4 is 19.6 Å². The average Bonchev–Trinajstić information content (AvgIpc) is 3.45.